The Labute approximate surface area is 159 Å². The molecule has 0 saturated carbocycles. The first-order valence-corrected chi connectivity index (χ1v) is 9.65. The zero-order chi connectivity index (χ0) is 18.6. The van der Waals surface area contributed by atoms with Crippen LogP contribution in [0.4, 0.5) is 0 Å². The summed E-state index contributed by atoms with van der Waals surface area (Å²) in [6.45, 7) is 5.46. The van der Waals surface area contributed by atoms with Crippen LogP contribution in [-0.4, -0.2) is 60.2 Å². The van der Waals surface area contributed by atoms with Gasteiger partial charge in [0.2, 0.25) is 0 Å². The molecule has 1 aromatic carbocycles. The summed E-state index contributed by atoms with van der Waals surface area (Å²) in [4.78, 5) is 17.0. The minimum Gasteiger partial charge on any atom is -0.508 e. The number of furan rings is 1. The van der Waals surface area contributed by atoms with Gasteiger partial charge < -0.3 is 19.2 Å². The Bertz CT molecular complexity index is 774. The number of phenols is 1. The molecule has 6 nitrogen and oxygen atoms in total. The van der Waals surface area contributed by atoms with E-state index < -0.39 is 0 Å². The number of hydrogen-bond donors (Lipinski definition) is 1. The average molecular weight is 370 g/mol. The number of aromatic hydroxyl groups is 1. The minimum absolute atomic E-state index is 0.0429. The summed E-state index contributed by atoms with van der Waals surface area (Å²) in [5, 5.41) is 9.67. The quantitative estimate of drug-likeness (QED) is 0.896. The van der Waals surface area contributed by atoms with Gasteiger partial charge >= 0.3 is 0 Å². The van der Waals surface area contributed by atoms with E-state index in [0.717, 1.165) is 70.1 Å². The van der Waals surface area contributed by atoms with Gasteiger partial charge in [0.05, 0.1) is 25.3 Å². The Balaban J connectivity index is 1.32. The summed E-state index contributed by atoms with van der Waals surface area (Å²) >= 11 is 0. The van der Waals surface area contributed by atoms with Gasteiger partial charge in [0.25, 0.3) is 5.91 Å². The molecule has 1 amide bonds. The Morgan fingerprint density at radius 3 is 2.63 bits per heavy atom. The summed E-state index contributed by atoms with van der Waals surface area (Å²) in [7, 11) is 0. The Morgan fingerprint density at radius 2 is 1.89 bits per heavy atom. The van der Waals surface area contributed by atoms with Crippen molar-refractivity contribution in [3.63, 3.8) is 0 Å². The van der Waals surface area contributed by atoms with E-state index in [1.165, 1.54) is 0 Å². The van der Waals surface area contributed by atoms with Gasteiger partial charge in [-0.3, -0.25) is 9.69 Å². The van der Waals surface area contributed by atoms with Crippen molar-refractivity contribution in [1.29, 1.82) is 0 Å². The molecule has 144 valence electrons. The first kappa shape index (κ1) is 18.1. The first-order chi connectivity index (χ1) is 13.2. The molecular weight excluding hydrogens is 344 g/mol. The van der Waals surface area contributed by atoms with Crippen LogP contribution in [0.3, 0.4) is 0 Å². The van der Waals surface area contributed by atoms with Crippen molar-refractivity contribution >= 4 is 5.91 Å². The Kier molecular flexibility index (Phi) is 5.45. The second-order valence-electron chi connectivity index (χ2n) is 7.35. The summed E-state index contributed by atoms with van der Waals surface area (Å²) in [6.07, 6.45) is 3.40. The van der Waals surface area contributed by atoms with E-state index in [9.17, 15) is 9.90 Å². The Hall–Kier alpha value is -2.31. The number of benzene rings is 1. The van der Waals surface area contributed by atoms with Crippen molar-refractivity contribution < 1.29 is 19.1 Å². The van der Waals surface area contributed by atoms with E-state index in [-0.39, 0.29) is 5.91 Å². The van der Waals surface area contributed by atoms with Crippen LogP contribution in [-0.2, 0) is 11.3 Å². The lowest BCUT2D eigenvalue weighted by atomic mass is 9.89. The van der Waals surface area contributed by atoms with Gasteiger partial charge in [-0.2, -0.15) is 0 Å². The van der Waals surface area contributed by atoms with Crippen LogP contribution in [0, 0.1) is 0 Å². The van der Waals surface area contributed by atoms with Gasteiger partial charge in [-0.1, -0.05) is 12.1 Å². The number of morpholine rings is 1. The number of carbonyl (C=O) groups is 1. The lowest BCUT2D eigenvalue weighted by molar-refractivity contribution is 0.0313. The number of piperidine rings is 1. The maximum atomic E-state index is 12.8. The fourth-order valence-corrected chi connectivity index (χ4v) is 3.93. The second kappa shape index (κ2) is 8.15. The zero-order valence-electron chi connectivity index (χ0n) is 15.5. The molecule has 0 atom stereocenters. The topological polar surface area (TPSA) is 66.2 Å². The molecule has 2 fully saturated rings. The van der Waals surface area contributed by atoms with Crippen LogP contribution in [0.25, 0.3) is 0 Å². The van der Waals surface area contributed by atoms with Crippen LogP contribution in [0.5, 0.6) is 5.75 Å². The molecule has 2 saturated heterocycles. The lowest BCUT2D eigenvalue weighted by Crippen LogP contribution is -2.37. The third-order valence-electron chi connectivity index (χ3n) is 5.51. The fraction of sp³-hybridized carbons (Fsp3) is 0.476. The van der Waals surface area contributed by atoms with Gasteiger partial charge in [-0.05, 0) is 42.5 Å². The SMILES string of the molecule is O=C(c1coc(CN2CCOCC2)c1)N1CCC(c2cccc(O)c2)CC1. The third kappa shape index (κ3) is 4.34. The fourth-order valence-electron chi connectivity index (χ4n) is 3.93. The second-order valence-corrected chi connectivity index (χ2v) is 7.35. The van der Waals surface area contributed by atoms with Crippen LogP contribution >= 0.6 is 0 Å². The molecule has 0 radical (unpaired) electrons. The van der Waals surface area contributed by atoms with E-state index in [1.54, 1.807) is 12.3 Å². The van der Waals surface area contributed by atoms with Gasteiger partial charge in [0, 0.05) is 26.2 Å². The molecule has 3 heterocycles. The number of likely N-dealkylation sites (tertiary alicyclic amines) is 1. The van der Waals surface area contributed by atoms with Crippen molar-refractivity contribution in [1.82, 2.24) is 9.80 Å². The zero-order valence-corrected chi connectivity index (χ0v) is 15.5. The number of carbonyl (C=O) groups excluding carboxylic acids is 1. The smallest absolute Gasteiger partial charge is 0.257 e. The number of hydrogen-bond acceptors (Lipinski definition) is 5. The third-order valence-corrected chi connectivity index (χ3v) is 5.51. The molecule has 2 aliphatic rings. The Morgan fingerprint density at radius 1 is 1.11 bits per heavy atom. The number of rotatable bonds is 4. The highest BCUT2D eigenvalue weighted by atomic mass is 16.5. The van der Waals surface area contributed by atoms with Crippen LogP contribution in [0.2, 0.25) is 0 Å². The van der Waals surface area contributed by atoms with Gasteiger partial charge in [-0.15, -0.1) is 0 Å². The van der Waals surface area contributed by atoms with E-state index in [0.29, 0.717) is 17.2 Å². The van der Waals surface area contributed by atoms with Crippen molar-refractivity contribution in [2.24, 2.45) is 0 Å². The van der Waals surface area contributed by atoms with Crippen molar-refractivity contribution in [3.8, 4) is 5.75 Å². The number of ether oxygens (including phenoxy) is 1. The molecule has 1 aromatic heterocycles. The monoisotopic (exact) mass is 370 g/mol. The average Bonchev–Trinajstić information content (AvgIpc) is 3.17. The van der Waals surface area contributed by atoms with Crippen molar-refractivity contribution in [2.75, 3.05) is 39.4 Å². The molecule has 0 bridgehead atoms. The number of phenolic OH excluding ortho intramolecular Hbond substituents is 1. The molecule has 6 heteroatoms. The molecule has 2 aliphatic heterocycles. The summed E-state index contributed by atoms with van der Waals surface area (Å²) < 4.78 is 11.0. The molecule has 2 aromatic rings. The maximum Gasteiger partial charge on any atom is 0.257 e. The van der Waals surface area contributed by atoms with Crippen LogP contribution < -0.4 is 0 Å². The predicted octanol–water partition coefficient (Wildman–Crippen LogP) is 2.84. The molecule has 0 unspecified atom stereocenters. The van der Waals surface area contributed by atoms with Gasteiger partial charge in [0.1, 0.15) is 17.8 Å². The van der Waals surface area contributed by atoms with E-state index >= 15 is 0 Å². The molecule has 0 spiro atoms. The predicted molar refractivity (Wildman–Crippen MR) is 101 cm³/mol. The molecular formula is C21H26N2O4. The first-order valence-electron chi connectivity index (χ1n) is 9.65. The van der Waals surface area contributed by atoms with Crippen molar-refractivity contribution in [3.05, 3.63) is 53.5 Å². The highest BCUT2D eigenvalue weighted by molar-refractivity contribution is 5.94. The summed E-state index contributed by atoms with van der Waals surface area (Å²) in [5.41, 5.74) is 1.78. The largest absolute Gasteiger partial charge is 0.508 e. The van der Waals surface area contributed by atoms with Crippen molar-refractivity contribution in [2.45, 2.75) is 25.3 Å². The maximum absolute atomic E-state index is 12.8. The van der Waals surface area contributed by atoms with E-state index in [1.807, 2.05) is 23.1 Å². The van der Waals surface area contributed by atoms with E-state index in [4.69, 9.17) is 9.15 Å². The van der Waals surface area contributed by atoms with Crippen LogP contribution in [0.15, 0.2) is 41.0 Å². The molecule has 0 aliphatic carbocycles. The number of nitrogens with zero attached hydrogens (tertiary/aromatic N) is 2. The normalized spacial score (nSPS) is 19.3. The van der Waals surface area contributed by atoms with Crippen LogP contribution in [0.1, 0.15) is 40.4 Å². The number of amides is 1. The lowest BCUT2D eigenvalue weighted by Gasteiger charge is -2.32. The van der Waals surface area contributed by atoms with E-state index in [2.05, 4.69) is 11.0 Å². The summed E-state index contributed by atoms with van der Waals surface area (Å²) in [6, 6.07) is 9.32. The highest BCUT2D eigenvalue weighted by Crippen LogP contribution is 2.30. The summed E-state index contributed by atoms with van der Waals surface area (Å²) in [5.74, 6) is 1.57. The molecule has 1 N–H and O–H groups in total. The molecule has 4 rings (SSSR count). The van der Waals surface area contributed by atoms with Gasteiger partial charge in [0.15, 0.2) is 0 Å². The minimum atomic E-state index is 0.0429. The highest BCUT2D eigenvalue weighted by Gasteiger charge is 2.26. The standard InChI is InChI=1S/C21H26N2O4/c24-19-3-1-2-17(12-19)16-4-6-23(7-5-16)21(25)18-13-20(27-15-18)14-22-8-10-26-11-9-22/h1-3,12-13,15-16,24H,4-11,14H2. The van der Waals surface area contributed by atoms with Gasteiger partial charge in [-0.25, -0.2) is 0 Å². The molecule has 27 heavy (non-hydrogen) atoms.